The van der Waals surface area contributed by atoms with Crippen molar-refractivity contribution in [2.75, 3.05) is 30.3 Å². The number of fused-ring (bicyclic) bond motifs is 1. The number of hydrogen-bond acceptors (Lipinski definition) is 4. The molecule has 0 spiro atoms. The highest BCUT2D eigenvalue weighted by molar-refractivity contribution is 5.92. The summed E-state index contributed by atoms with van der Waals surface area (Å²) in [6.07, 6.45) is 4.19. The molecule has 4 rings (SSSR count). The van der Waals surface area contributed by atoms with Gasteiger partial charge in [0.1, 0.15) is 5.82 Å². The minimum Gasteiger partial charge on any atom is -0.314 e. The Morgan fingerprint density at radius 3 is 2.61 bits per heavy atom. The zero-order valence-electron chi connectivity index (χ0n) is 15.9. The summed E-state index contributed by atoms with van der Waals surface area (Å²) in [7, 11) is 0. The Morgan fingerprint density at radius 1 is 1.04 bits per heavy atom. The van der Waals surface area contributed by atoms with Crippen LogP contribution in [-0.4, -0.2) is 51.6 Å². The molecule has 2 aromatic rings. The van der Waals surface area contributed by atoms with Gasteiger partial charge < -0.3 is 20.4 Å². The van der Waals surface area contributed by atoms with Crippen LogP contribution in [-0.2, 0) is 17.9 Å². The molecule has 148 valence electrons. The summed E-state index contributed by atoms with van der Waals surface area (Å²) < 4.78 is 0. The van der Waals surface area contributed by atoms with Gasteiger partial charge >= 0.3 is 6.03 Å². The van der Waals surface area contributed by atoms with Gasteiger partial charge in [0.2, 0.25) is 5.91 Å². The molecule has 2 aliphatic heterocycles. The Bertz CT molecular complexity index is 828. The molecule has 1 saturated heterocycles. The van der Waals surface area contributed by atoms with Crippen LogP contribution in [0.1, 0.15) is 36.9 Å². The lowest BCUT2D eigenvalue weighted by molar-refractivity contribution is -0.116. The predicted molar refractivity (Wildman–Crippen MR) is 107 cm³/mol. The van der Waals surface area contributed by atoms with Crippen molar-refractivity contribution in [2.45, 2.75) is 38.8 Å². The molecule has 0 atom stereocenters. The number of anilines is 2. The van der Waals surface area contributed by atoms with E-state index in [9.17, 15) is 9.59 Å². The van der Waals surface area contributed by atoms with E-state index in [2.05, 4.69) is 25.7 Å². The highest BCUT2D eigenvalue weighted by Gasteiger charge is 2.29. The third-order valence-electron chi connectivity index (χ3n) is 5.32. The molecule has 3 heterocycles. The summed E-state index contributed by atoms with van der Waals surface area (Å²) in [5, 5.41) is 13.0. The number of nitrogens with zero attached hydrogens (tertiary/aromatic N) is 3. The lowest BCUT2D eigenvalue weighted by atomic mass is 10.1. The molecule has 1 aromatic heterocycles. The number of H-pyrrole nitrogens is 1. The Labute approximate surface area is 164 Å². The fourth-order valence-corrected chi connectivity index (χ4v) is 3.75. The molecule has 1 fully saturated rings. The highest BCUT2D eigenvalue weighted by Crippen LogP contribution is 2.27. The summed E-state index contributed by atoms with van der Waals surface area (Å²) in [5.41, 5.74) is 2.44. The van der Waals surface area contributed by atoms with E-state index in [1.807, 2.05) is 30.3 Å². The van der Waals surface area contributed by atoms with Crippen LogP contribution in [0.2, 0.25) is 0 Å². The first kappa shape index (κ1) is 18.5. The van der Waals surface area contributed by atoms with E-state index in [4.69, 9.17) is 0 Å². The molecule has 8 nitrogen and oxygen atoms in total. The normalized spacial score (nSPS) is 16.6. The topological polar surface area (TPSA) is 93.4 Å². The van der Waals surface area contributed by atoms with Crippen molar-refractivity contribution < 1.29 is 9.59 Å². The number of para-hydroxylation sites is 1. The Balaban J connectivity index is 1.30. The zero-order valence-corrected chi connectivity index (χ0v) is 15.9. The number of urea groups is 1. The summed E-state index contributed by atoms with van der Waals surface area (Å²) in [6, 6.07) is 9.18. The smallest absolute Gasteiger partial charge is 0.314 e. The van der Waals surface area contributed by atoms with Crippen molar-refractivity contribution >= 4 is 23.4 Å². The number of likely N-dealkylation sites (tertiary alicyclic amines) is 1. The van der Waals surface area contributed by atoms with Crippen LogP contribution in [0.4, 0.5) is 16.3 Å². The number of aromatic amines is 1. The summed E-state index contributed by atoms with van der Waals surface area (Å²) >= 11 is 0. The quantitative estimate of drug-likeness (QED) is 0.741. The van der Waals surface area contributed by atoms with Gasteiger partial charge in [-0.15, -0.1) is 0 Å². The van der Waals surface area contributed by atoms with E-state index < -0.39 is 0 Å². The van der Waals surface area contributed by atoms with Crippen LogP contribution < -0.4 is 10.6 Å². The number of hydrogen-bond donors (Lipinski definition) is 3. The van der Waals surface area contributed by atoms with E-state index in [-0.39, 0.29) is 11.9 Å². The monoisotopic (exact) mass is 382 g/mol. The third-order valence-corrected chi connectivity index (χ3v) is 5.32. The lowest BCUT2D eigenvalue weighted by Crippen LogP contribution is -2.32. The number of nitrogens with one attached hydrogen (secondary N) is 3. The molecule has 0 unspecified atom stereocenters. The number of benzene rings is 1. The molecule has 0 saturated carbocycles. The molecule has 0 aliphatic carbocycles. The van der Waals surface area contributed by atoms with Crippen molar-refractivity contribution in [3.63, 3.8) is 0 Å². The number of piperidine rings is 1. The lowest BCUT2D eigenvalue weighted by Gasteiger charge is -2.25. The fourth-order valence-electron chi connectivity index (χ4n) is 3.75. The maximum atomic E-state index is 12.5. The molecule has 0 bridgehead atoms. The van der Waals surface area contributed by atoms with Crippen molar-refractivity contribution in [3.8, 4) is 0 Å². The standard InChI is InChI=1S/C20H26N6O2/c27-18(9-12-25-10-5-2-6-11-25)22-19-16-13-26(14-17(16)23-24-19)20(28)21-15-7-3-1-4-8-15/h1,3-4,7-8H,2,5-6,9-14H2,(H,21,28)(H2,22,23,24,27). The molecule has 28 heavy (non-hydrogen) atoms. The summed E-state index contributed by atoms with van der Waals surface area (Å²) in [4.78, 5) is 28.8. The first-order valence-corrected chi connectivity index (χ1v) is 9.88. The average molecular weight is 382 g/mol. The maximum absolute atomic E-state index is 12.5. The average Bonchev–Trinajstić information content (AvgIpc) is 3.30. The molecular formula is C20H26N6O2. The van der Waals surface area contributed by atoms with Crippen LogP contribution >= 0.6 is 0 Å². The van der Waals surface area contributed by atoms with E-state index in [0.717, 1.165) is 36.6 Å². The Kier molecular flexibility index (Phi) is 5.57. The molecule has 2 aliphatic rings. The molecule has 1 aromatic carbocycles. The maximum Gasteiger partial charge on any atom is 0.322 e. The molecule has 8 heteroatoms. The summed E-state index contributed by atoms with van der Waals surface area (Å²) in [6.45, 7) is 3.80. The fraction of sp³-hybridized carbons (Fsp3) is 0.450. The Hall–Kier alpha value is -2.87. The first-order chi connectivity index (χ1) is 13.7. The molecule has 3 amide bonds. The minimum atomic E-state index is -0.174. The number of aromatic nitrogens is 2. The second kappa shape index (κ2) is 8.43. The van der Waals surface area contributed by atoms with E-state index >= 15 is 0 Å². The number of carbonyl (C=O) groups is 2. The molecule has 3 N–H and O–H groups in total. The second-order valence-electron chi connectivity index (χ2n) is 7.38. The van der Waals surface area contributed by atoms with Crippen LogP contribution in [0.25, 0.3) is 0 Å². The van der Waals surface area contributed by atoms with Gasteiger partial charge in [-0.2, -0.15) is 5.10 Å². The van der Waals surface area contributed by atoms with E-state index in [0.29, 0.717) is 25.3 Å². The van der Waals surface area contributed by atoms with Crippen LogP contribution in [0, 0.1) is 0 Å². The van der Waals surface area contributed by atoms with Gasteiger partial charge in [0, 0.05) is 24.2 Å². The second-order valence-corrected chi connectivity index (χ2v) is 7.38. The third kappa shape index (κ3) is 4.33. The van der Waals surface area contributed by atoms with Gasteiger partial charge in [0.05, 0.1) is 18.8 Å². The van der Waals surface area contributed by atoms with Crippen LogP contribution in [0.5, 0.6) is 0 Å². The molecular weight excluding hydrogens is 356 g/mol. The van der Waals surface area contributed by atoms with Crippen LogP contribution in [0.15, 0.2) is 30.3 Å². The van der Waals surface area contributed by atoms with Crippen molar-refractivity contribution in [1.82, 2.24) is 20.0 Å². The van der Waals surface area contributed by atoms with Crippen molar-refractivity contribution in [3.05, 3.63) is 41.6 Å². The SMILES string of the molecule is O=C(CCN1CCCCC1)Nc1[nH]nc2c1CN(C(=O)Nc1ccccc1)C2. The van der Waals surface area contributed by atoms with Gasteiger partial charge in [-0.05, 0) is 38.1 Å². The Morgan fingerprint density at radius 2 is 1.82 bits per heavy atom. The summed E-state index contributed by atoms with van der Waals surface area (Å²) in [5.74, 6) is 0.581. The van der Waals surface area contributed by atoms with E-state index in [1.54, 1.807) is 4.90 Å². The van der Waals surface area contributed by atoms with Gasteiger partial charge in [0.25, 0.3) is 0 Å². The van der Waals surface area contributed by atoms with E-state index in [1.165, 1.54) is 19.3 Å². The zero-order chi connectivity index (χ0) is 19.3. The number of amides is 3. The first-order valence-electron chi connectivity index (χ1n) is 9.88. The van der Waals surface area contributed by atoms with Gasteiger partial charge in [0.15, 0.2) is 0 Å². The van der Waals surface area contributed by atoms with Gasteiger partial charge in [-0.1, -0.05) is 24.6 Å². The predicted octanol–water partition coefficient (Wildman–Crippen LogP) is 2.77. The van der Waals surface area contributed by atoms with Crippen molar-refractivity contribution in [1.29, 1.82) is 0 Å². The number of rotatable bonds is 5. The van der Waals surface area contributed by atoms with Gasteiger partial charge in [-0.25, -0.2) is 4.79 Å². The highest BCUT2D eigenvalue weighted by atomic mass is 16.2. The number of carbonyl (C=O) groups excluding carboxylic acids is 2. The van der Waals surface area contributed by atoms with Crippen LogP contribution in [0.3, 0.4) is 0 Å². The molecule has 0 radical (unpaired) electrons. The van der Waals surface area contributed by atoms with Gasteiger partial charge in [-0.3, -0.25) is 9.89 Å². The minimum absolute atomic E-state index is 0.0239. The van der Waals surface area contributed by atoms with Crippen molar-refractivity contribution in [2.24, 2.45) is 0 Å². The largest absolute Gasteiger partial charge is 0.322 e.